The summed E-state index contributed by atoms with van der Waals surface area (Å²) in [6, 6.07) is 11.9. The van der Waals surface area contributed by atoms with E-state index in [9.17, 15) is 4.79 Å². The third kappa shape index (κ3) is 3.85. The van der Waals surface area contributed by atoms with Crippen molar-refractivity contribution in [1.29, 1.82) is 0 Å². The first-order valence-corrected chi connectivity index (χ1v) is 8.88. The molecule has 1 aliphatic rings. The maximum atomic E-state index is 12.5. The molecule has 136 valence electrons. The number of amides is 1. The van der Waals surface area contributed by atoms with Crippen molar-refractivity contribution in [3.8, 4) is 11.4 Å². The first-order valence-electron chi connectivity index (χ1n) is 8.88. The van der Waals surface area contributed by atoms with Crippen LogP contribution in [-0.2, 0) is 11.3 Å². The third-order valence-electron chi connectivity index (χ3n) is 4.69. The Kier molecular flexibility index (Phi) is 4.89. The van der Waals surface area contributed by atoms with E-state index in [1.165, 1.54) is 11.1 Å². The number of carbonyl (C=O) groups excluding carboxylic acids is 1. The Bertz CT molecular complexity index is 922. The molecule has 0 saturated carbocycles. The van der Waals surface area contributed by atoms with Gasteiger partial charge < -0.3 is 9.64 Å². The van der Waals surface area contributed by atoms with Gasteiger partial charge in [-0.1, -0.05) is 24.3 Å². The monoisotopic (exact) mass is 360 g/mol. The molecule has 4 rings (SSSR count). The number of ether oxygens (including phenoxy) is 1. The van der Waals surface area contributed by atoms with Crippen LogP contribution in [0.3, 0.4) is 0 Å². The van der Waals surface area contributed by atoms with Crippen LogP contribution in [0.2, 0.25) is 0 Å². The molecule has 2 aromatic heterocycles. The number of aromatic nitrogens is 3. The molecule has 1 aromatic carbocycles. The number of carbonyl (C=O) groups is 1. The van der Waals surface area contributed by atoms with E-state index in [1.807, 2.05) is 24.3 Å². The number of aryl methyl sites for hydroxylation is 1. The smallest absolute Gasteiger partial charge is 0.257 e. The van der Waals surface area contributed by atoms with Gasteiger partial charge in [0.2, 0.25) is 0 Å². The maximum Gasteiger partial charge on any atom is 0.257 e. The molecule has 27 heavy (non-hydrogen) atoms. The summed E-state index contributed by atoms with van der Waals surface area (Å²) < 4.78 is 5.91. The highest BCUT2D eigenvalue weighted by Crippen LogP contribution is 2.19. The summed E-state index contributed by atoms with van der Waals surface area (Å²) in [4.78, 5) is 26.9. The van der Waals surface area contributed by atoms with Crippen LogP contribution in [0.1, 0.15) is 21.5 Å². The molecule has 1 amide bonds. The molecule has 0 spiro atoms. The summed E-state index contributed by atoms with van der Waals surface area (Å²) in [6.07, 6.45) is 6.60. The van der Waals surface area contributed by atoms with Gasteiger partial charge in [0.25, 0.3) is 5.91 Å². The lowest BCUT2D eigenvalue weighted by Crippen LogP contribution is -2.54. The second kappa shape index (κ2) is 7.63. The highest BCUT2D eigenvalue weighted by Gasteiger charge is 2.32. The number of nitrogens with zero attached hydrogens (tertiary/aromatic N) is 4. The Labute approximate surface area is 157 Å². The number of likely N-dealkylation sites (tertiary alicyclic amines) is 1. The Balaban J connectivity index is 1.30. The molecule has 0 atom stereocenters. The molecule has 1 saturated heterocycles. The Morgan fingerprint density at radius 2 is 1.89 bits per heavy atom. The summed E-state index contributed by atoms with van der Waals surface area (Å²) in [5.41, 5.74) is 3.71. The van der Waals surface area contributed by atoms with E-state index in [2.05, 4.69) is 34.0 Å². The van der Waals surface area contributed by atoms with Crippen molar-refractivity contribution >= 4 is 5.91 Å². The van der Waals surface area contributed by atoms with E-state index in [0.29, 0.717) is 31.1 Å². The van der Waals surface area contributed by atoms with Gasteiger partial charge in [-0.3, -0.25) is 9.78 Å². The molecule has 0 radical (unpaired) electrons. The van der Waals surface area contributed by atoms with Gasteiger partial charge in [-0.2, -0.15) is 0 Å². The van der Waals surface area contributed by atoms with Crippen molar-refractivity contribution < 1.29 is 9.53 Å². The molecule has 0 aliphatic carbocycles. The van der Waals surface area contributed by atoms with Crippen molar-refractivity contribution in [2.75, 3.05) is 13.1 Å². The molecule has 3 heterocycles. The summed E-state index contributed by atoms with van der Waals surface area (Å²) in [7, 11) is 0. The van der Waals surface area contributed by atoms with Gasteiger partial charge in [0.15, 0.2) is 5.82 Å². The molecule has 6 heteroatoms. The lowest BCUT2D eigenvalue weighted by molar-refractivity contribution is -0.0504. The van der Waals surface area contributed by atoms with Crippen LogP contribution in [0.15, 0.2) is 61.2 Å². The molecular weight excluding hydrogens is 340 g/mol. The number of hydrogen-bond acceptors (Lipinski definition) is 5. The molecule has 0 bridgehead atoms. The van der Waals surface area contributed by atoms with Crippen molar-refractivity contribution in [3.63, 3.8) is 0 Å². The second-order valence-corrected chi connectivity index (χ2v) is 6.61. The Morgan fingerprint density at radius 1 is 1.11 bits per heavy atom. The van der Waals surface area contributed by atoms with Crippen molar-refractivity contribution in [2.24, 2.45) is 0 Å². The topological polar surface area (TPSA) is 68.2 Å². The fourth-order valence-electron chi connectivity index (χ4n) is 2.95. The predicted octanol–water partition coefficient (Wildman–Crippen LogP) is 2.89. The zero-order valence-electron chi connectivity index (χ0n) is 15.1. The number of hydrogen-bond donors (Lipinski definition) is 0. The van der Waals surface area contributed by atoms with Gasteiger partial charge in [0.1, 0.15) is 0 Å². The second-order valence-electron chi connectivity index (χ2n) is 6.61. The minimum absolute atomic E-state index is 0.0662. The van der Waals surface area contributed by atoms with Crippen molar-refractivity contribution in [2.45, 2.75) is 19.6 Å². The van der Waals surface area contributed by atoms with E-state index >= 15 is 0 Å². The maximum absolute atomic E-state index is 12.5. The Morgan fingerprint density at radius 3 is 2.59 bits per heavy atom. The highest BCUT2D eigenvalue weighted by molar-refractivity contribution is 5.94. The first-order chi connectivity index (χ1) is 13.2. The van der Waals surface area contributed by atoms with Crippen LogP contribution >= 0.6 is 0 Å². The average molecular weight is 360 g/mol. The van der Waals surface area contributed by atoms with Gasteiger partial charge in [-0.05, 0) is 30.2 Å². The average Bonchev–Trinajstić information content (AvgIpc) is 2.69. The lowest BCUT2D eigenvalue weighted by atomic mass is 10.1. The van der Waals surface area contributed by atoms with Crippen molar-refractivity contribution in [1.82, 2.24) is 19.9 Å². The number of pyridine rings is 1. The molecule has 0 unspecified atom stereocenters. The van der Waals surface area contributed by atoms with Crippen LogP contribution in [0, 0.1) is 6.92 Å². The number of benzene rings is 1. The Hall–Kier alpha value is -3.12. The zero-order chi connectivity index (χ0) is 18.6. The lowest BCUT2D eigenvalue weighted by Gasteiger charge is -2.38. The van der Waals surface area contributed by atoms with Crippen LogP contribution in [-0.4, -0.2) is 45.0 Å². The highest BCUT2D eigenvalue weighted by atomic mass is 16.5. The van der Waals surface area contributed by atoms with E-state index in [1.54, 1.807) is 29.7 Å². The third-order valence-corrected chi connectivity index (χ3v) is 4.69. The van der Waals surface area contributed by atoms with E-state index in [4.69, 9.17) is 4.74 Å². The standard InChI is InChI=1S/C21H20N4O2/c1-15-5-2-3-6-17(15)14-27-19-12-25(13-19)21(26)18-10-23-20(24-11-18)16-7-4-8-22-9-16/h2-11,19H,12-14H2,1H3. The van der Waals surface area contributed by atoms with Gasteiger partial charge in [-0.15, -0.1) is 0 Å². The van der Waals surface area contributed by atoms with Crippen LogP contribution in [0.25, 0.3) is 11.4 Å². The van der Waals surface area contributed by atoms with Gasteiger partial charge in [-0.25, -0.2) is 9.97 Å². The van der Waals surface area contributed by atoms with E-state index in [0.717, 1.165) is 5.56 Å². The quantitative estimate of drug-likeness (QED) is 0.700. The summed E-state index contributed by atoms with van der Waals surface area (Å²) in [5, 5.41) is 0. The van der Waals surface area contributed by atoms with Crippen LogP contribution in [0.5, 0.6) is 0 Å². The molecule has 1 aliphatic heterocycles. The van der Waals surface area contributed by atoms with Crippen LogP contribution < -0.4 is 0 Å². The largest absolute Gasteiger partial charge is 0.370 e. The minimum Gasteiger partial charge on any atom is -0.370 e. The van der Waals surface area contributed by atoms with Gasteiger partial charge >= 0.3 is 0 Å². The summed E-state index contributed by atoms with van der Waals surface area (Å²) >= 11 is 0. The minimum atomic E-state index is -0.0662. The fourth-order valence-corrected chi connectivity index (χ4v) is 2.95. The SMILES string of the molecule is Cc1ccccc1COC1CN(C(=O)c2cnc(-c3cccnc3)nc2)C1. The zero-order valence-corrected chi connectivity index (χ0v) is 15.1. The fraction of sp³-hybridized carbons (Fsp3) is 0.238. The summed E-state index contributed by atoms with van der Waals surface area (Å²) in [5.74, 6) is 0.492. The molecular formula is C21H20N4O2. The first kappa shape index (κ1) is 17.3. The molecule has 3 aromatic rings. The molecule has 0 N–H and O–H groups in total. The van der Waals surface area contributed by atoms with Gasteiger partial charge in [0.05, 0.1) is 18.3 Å². The normalized spacial score (nSPS) is 14.0. The summed E-state index contributed by atoms with van der Waals surface area (Å²) in [6.45, 7) is 3.83. The van der Waals surface area contributed by atoms with Gasteiger partial charge in [0, 0.05) is 43.4 Å². The van der Waals surface area contributed by atoms with E-state index < -0.39 is 0 Å². The number of rotatable bonds is 5. The van der Waals surface area contributed by atoms with Crippen LogP contribution in [0.4, 0.5) is 0 Å². The van der Waals surface area contributed by atoms with E-state index in [-0.39, 0.29) is 12.0 Å². The predicted molar refractivity (Wildman–Crippen MR) is 101 cm³/mol. The van der Waals surface area contributed by atoms with Crippen molar-refractivity contribution in [3.05, 3.63) is 77.9 Å². The molecule has 6 nitrogen and oxygen atoms in total. The molecule has 1 fully saturated rings.